The molecule has 0 amide bonds. The summed E-state index contributed by atoms with van der Waals surface area (Å²) in [6.45, 7) is 0.646. The van der Waals surface area contributed by atoms with Crippen LogP contribution in [0.4, 0.5) is 0 Å². The number of ether oxygens (including phenoxy) is 2. The molecule has 1 saturated carbocycles. The SMILES string of the molecule is COc1ccnc(CNC2(CCl)CCC2)c1OC. The molecule has 0 aliphatic heterocycles. The molecule has 1 N–H and O–H groups in total. The summed E-state index contributed by atoms with van der Waals surface area (Å²) >= 11 is 6.02. The third-order valence-corrected chi connectivity index (χ3v) is 4.08. The highest BCUT2D eigenvalue weighted by Gasteiger charge is 2.35. The van der Waals surface area contributed by atoms with Crippen LogP contribution in [0.15, 0.2) is 12.3 Å². The number of nitrogens with one attached hydrogen (secondary N) is 1. The van der Waals surface area contributed by atoms with Crippen LogP contribution in [0, 0.1) is 0 Å². The minimum atomic E-state index is 0.0807. The Labute approximate surface area is 113 Å². The van der Waals surface area contributed by atoms with Crippen LogP contribution in [0.25, 0.3) is 0 Å². The first-order valence-corrected chi connectivity index (χ1v) is 6.65. The summed E-state index contributed by atoms with van der Waals surface area (Å²) in [7, 11) is 3.25. The number of rotatable bonds is 6. The van der Waals surface area contributed by atoms with Crippen LogP contribution in [-0.4, -0.2) is 30.6 Å². The predicted molar refractivity (Wildman–Crippen MR) is 71.5 cm³/mol. The summed E-state index contributed by atoms with van der Waals surface area (Å²) in [4.78, 5) is 4.34. The molecule has 18 heavy (non-hydrogen) atoms. The summed E-state index contributed by atoms with van der Waals surface area (Å²) < 4.78 is 10.6. The van der Waals surface area contributed by atoms with Gasteiger partial charge in [-0.2, -0.15) is 0 Å². The smallest absolute Gasteiger partial charge is 0.183 e. The van der Waals surface area contributed by atoms with Gasteiger partial charge in [0.2, 0.25) is 0 Å². The van der Waals surface area contributed by atoms with Crippen molar-refractivity contribution in [2.45, 2.75) is 31.3 Å². The second-order valence-corrected chi connectivity index (χ2v) is 4.88. The molecule has 0 spiro atoms. The molecule has 0 aromatic carbocycles. The quantitative estimate of drug-likeness (QED) is 0.806. The number of alkyl halides is 1. The molecule has 1 aromatic heterocycles. The molecule has 4 nitrogen and oxygen atoms in total. The van der Waals surface area contributed by atoms with E-state index in [1.54, 1.807) is 26.5 Å². The fourth-order valence-electron chi connectivity index (χ4n) is 2.21. The number of aromatic nitrogens is 1. The monoisotopic (exact) mass is 270 g/mol. The van der Waals surface area contributed by atoms with Crippen molar-refractivity contribution >= 4 is 11.6 Å². The molecule has 0 unspecified atom stereocenters. The largest absolute Gasteiger partial charge is 0.493 e. The minimum absolute atomic E-state index is 0.0807. The van der Waals surface area contributed by atoms with Gasteiger partial charge in [-0.05, 0) is 19.3 Å². The van der Waals surface area contributed by atoms with Gasteiger partial charge in [0.15, 0.2) is 11.5 Å². The third-order valence-electron chi connectivity index (χ3n) is 3.56. The standard InChI is InChI=1S/C13H19ClN2O2/c1-17-11-4-7-15-10(12(11)18-2)8-16-13(9-14)5-3-6-13/h4,7,16H,3,5-6,8-9H2,1-2H3. The fourth-order valence-corrected chi connectivity index (χ4v) is 2.57. The molecule has 5 heteroatoms. The van der Waals surface area contributed by atoms with Gasteiger partial charge in [0.25, 0.3) is 0 Å². The van der Waals surface area contributed by atoms with Gasteiger partial charge in [-0.3, -0.25) is 4.98 Å². The first kappa shape index (κ1) is 13.4. The lowest BCUT2D eigenvalue weighted by Crippen LogP contribution is -2.52. The summed E-state index contributed by atoms with van der Waals surface area (Å²) in [6, 6.07) is 1.79. The molecule has 0 atom stereocenters. The van der Waals surface area contributed by atoms with Crippen molar-refractivity contribution in [3.63, 3.8) is 0 Å². The van der Waals surface area contributed by atoms with Crippen LogP contribution < -0.4 is 14.8 Å². The molecule has 1 aliphatic rings. The summed E-state index contributed by atoms with van der Waals surface area (Å²) in [6.07, 6.45) is 5.22. The van der Waals surface area contributed by atoms with Crippen LogP contribution in [0.1, 0.15) is 25.0 Å². The Morgan fingerprint density at radius 1 is 1.39 bits per heavy atom. The van der Waals surface area contributed by atoms with E-state index in [0.29, 0.717) is 23.9 Å². The molecule has 1 fully saturated rings. The number of halogens is 1. The van der Waals surface area contributed by atoms with Crippen LogP contribution in [0.3, 0.4) is 0 Å². The van der Waals surface area contributed by atoms with E-state index in [-0.39, 0.29) is 5.54 Å². The van der Waals surface area contributed by atoms with Crippen molar-refractivity contribution in [2.75, 3.05) is 20.1 Å². The predicted octanol–water partition coefficient (Wildman–Crippen LogP) is 2.35. The molecular formula is C13H19ClN2O2. The molecule has 1 aliphatic carbocycles. The van der Waals surface area contributed by atoms with Crippen molar-refractivity contribution in [1.82, 2.24) is 10.3 Å². The van der Waals surface area contributed by atoms with E-state index < -0.39 is 0 Å². The average Bonchev–Trinajstić information content (AvgIpc) is 2.37. The average molecular weight is 271 g/mol. The Kier molecular flexibility index (Phi) is 4.30. The number of hydrogen-bond acceptors (Lipinski definition) is 4. The Hall–Kier alpha value is -1.00. The summed E-state index contributed by atoms with van der Waals surface area (Å²) in [5.41, 5.74) is 0.936. The summed E-state index contributed by atoms with van der Waals surface area (Å²) in [5.74, 6) is 2.04. The van der Waals surface area contributed by atoms with Crippen LogP contribution in [0.5, 0.6) is 11.5 Å². The van der Waals surface area contributed by atoms with E-state index in [1.807, 2.05) is 0 Å². The van der Waals surface area contributed by atoms with Gasteiger partial charge in [0, 0.05) is 30.2 Å². The van der Waals surface area contributed by atoms with Gasteiger partial charge in [-0.15, -0.1) is 11.6 Å². The maximum atomic E-state index is 6.02. The first-order valence-electron chi connectivity index (χ1n) is 6.11. The topological polar surface area (TPSA) is 43.4 Å². The zero-order chi connectivity index (χ0) is 13.0. The van der Waals surface area contributed by atoms with Crippen molar-refractivity contribution < 1.29 is 9.47 Å². The van der Waals surface area contributed by atoms with Gasteiger partial charge in [0.1, 0.15) is 0 Å². The highest BCUT2D eigenvalue weighted by atomic mass is 35.5. The molecule has 2 rings (SSSR count). The Morgan fingerprint density at radius 3 is 2.67 bits per heavy atom. The van der Waals surface area contributed by atoms with E-state index in [0.717, 1.165) is 18.5 Å². The fraction of sp³-hybridized carbons (Fsp3) is 0.615. The van der Waals surface area contributed by atoms with Gasteiger partial charge < -0.3 is 14.8 Å². The molecule has 1 heterocycles. The van der Waals surface area contributed by atoms with E-state index in [9.17, 15) is 0 Å². The second-order valence-electron chi connectivity index (χ2n) is 4.61. The van der Waals surface area contributed by atoms with E-state index in [1.165, 1.54) is 6.42 Å². The third kappa shape index (κ3) is 2.54. The van der Waals surface area contributed by atoms with Gasteiger partial charge >= 0.3 is 0 Å². The van der Waals surface area contributed by atoms with Crippen molar-refractivity contribution in [2.24, 2.45) is 0 Å². The molecular weight excluding hydrogens is 252 g/mol. The summed E-state index contributed by atoms with van der Waals surface area (Å²) in [5, 5.41) is 3.49. The zero-order valence-corrected chi connectivity index (χ0v) is 11.6. The van der Waals surface area contributed by atoms with Crippen LogP contribution in [0.2, 0.25) is 0 Å². The van der Waals surface area contributed by atoms with Gasteiger partial charge in [-0.1, -0.05) is 0 Å². The molecule has 0 bridgehead atoms. The molecule has 0 radical (unpaired) electrons. The van der Waals surface area contributed by atoms with E-state index >= 15 is 0 Å². The van der Waals surface area contributed by atoms with Gasteiger partial charge in [0.05, 0.1) is 19.9 Å². The van der Waals surface area contributed by atoms with Crippen molar-refractivity contribution in [3.8, 4) is 11.5 Å². The van der Waals surface area contributed by atoms with Crippen molar-refractivity contribution in [1.29, 1.82) is 0 Å². The number of pyridine rings is 1. The zero-order valence-electron chi connectivity index (χ0n) is 10.8. The Balaban J connectivity index is 2.09. The normalized spacial score (nSPS) is 17.1. The number of nitrogens with zero attached hydrogens (tertiary/aromatic N) is 1. The maximum absolute atomic E-state index is 6.02. The minimum Gasteiger partial charge on any atom is -0.493 e. The van der Waals surface area contributed by atoms with Crippen LogP contribution >= 0.6 is 11.6 Å². The highest BCUT2D eigenvalue weighted by Crippen LogP contribution is 2.34. The molecule has 100 valence electrons. The molecule has 1 aromatic rings. The lowest BCUT2D eigenvalue weighted by Gasteiger charge is -2.41. The van der Waals surface area contributed by atoms with Crippen LogP contribution in [-0.2, 0) is 6.54 Å². The first-order chi connectivity index (χ1) is 8.74. The van der Waals surface area contributed by atoms with E-state index in [2.05, 4.69) is 10.3 Å². The Bertz CT molecular complexity index is 402. The molecule has 0 saturated heterocycles. The Morgan fingerprint density at radius 2 is 2.17 bits per heavy atom. The number of methoxy groups -OCH3 is 2. The second kappa shape index (κ2) is 5.76. The lowest BCUT2D eigenvalue weighted by atomic mass is 9.78. The number of hydrogen-bond donors (Lipinski definition) is 1. The van der Waals surface area contributed by atoms with E-state index in [4.69, 9.17) is 21.1 Å². The van der Waals surface area contributed by atoms with Crippen molar-refractivity contribution in [3.05, 3.63) is 18.0 Å². The maximum Gasteiger partial charge on any atom is 0.183 e. The highest BCUT2D eigenvalue weighted by molar-refractivity contribution is 6.18. The lowest BCUT2D eigenvalue weighted by molar-refractivity contribution is 0.209. The van der Waals surface area contributed by atoms with Gasteiger partial charge in [-0.25, -0.2) is 0 Å².